The van der Waals surface area contributed by atoms with Crippen molar-refractivity contribution in [1.29, 1.82) is 0 Å². The third kappa shape index (κ3) is 5.10. The first kappa shape index (κ1) is 23.7. The Morgan fingerprint density at radius 3 is 2.84 bits per heavy atom. The summed E-state index contributed by atoms with van der Waals surface area (Å²) in [6, 6.07) is 14.1. The second kappa shape index (κ2) is 10.4. The molecule has 37 heavy (non-hydrogen) atoms. The highest BCUT2D eigenvalue weighted by Gasteiger charge is 2.28. The van der Waals surface area contributed by atoms with E-state index in [0.29, 0.717) is 25.6 Å². The minimum atomic E-state index is -0.346. The maximum atomic E-state index is 10.4. The number of aliphatic hydroxyl groups excluding tert-OH is 1. The molecule has 0 amide bonds. The lowest BCUT2D eigenvalue weighted by Gasteiger charge is -2.28. The Morgan fingerprint density at radius 2 is 2.05 bits per heavy atom. The molecule has 4 N–H and O–H groups in total. The first-order valence-corrected chi connectivity index (χ1v) is 13.0. The number of nitrogens with one attached hydrogen (secondary N) is 3. The molecular weight excluding hydrogens is 466 g/mol. The normalized spacial score (nSPS) is 19.6. The van der Waals surface area contributed by atoms with E-state index in [1.54, 1.807) is 13.3 Å². The summed E-state index contributed by atoms with van der Waals surface area (Å²) in [5.74, 6) is 3.20. The van der Waals surface area contributed by atoms with E-state index >= 15 is 0 Å². The number of nitrogens with zero attached hydrogens (tertiary/aromatic N) is 4. The van der Waals surface area contributed by atoms with Gasteiger partial charge in [-0.05, 0) is 49.9 Å². The molecule has 2 fully saturated rings. The summed E-state index contributed by atoms with van der Waals surface area (Å²) in [5.41, 5.74) is 5.05. The molecule has 0 radical (unpaired) electrons. The van der Waals surface area contributed by atoms with Crippen molar-refractivity contribution >= 4 is 17.3 Å². The highest BCUT2D eigenvalue weighted by atomic mass is 16.5. The fourth-order valence-electron chi connectivity index (χ4n) is 5.02. The number of hydrogen-bond donors (Lipinski definition) is 4. The molecule has 6 rings (SSSR count). The lowest BCUT2D eigenvalue weighted by atomic mass is 9.95. The first-order chi connectivity index (χ1) is 18.2. The number of piperidine rings is 1. The van der Waals surface area contributed by atoms with Crippen LogP contribution < -0.4 is 20.7 Å². The van der Waals surface area contributed by atoms with Crippen LogP contribution in [0.2, 0.25) is 0 Å². The fraction of sp³-hybridized carbons (Fsp3) is 0.393. The van der Waals surface area contributed by atoms with Crippen molar-refractivity contribution < 1.29 is 9.84 Å². The number of rotatable bonds is 9. The van der Waals surface area contributed by atoms with Gasteiger partial charge in [-0.3, -0.25) is 4.98 Å². The second-order valence-corrected chi connectivity index (χ2v) is 9.93. The van der Waals surface area contributed by atoms with Gasteiger partial charge in [0, 0.05) is 54.5 Å². The van der Waals surface area contributed by atoms with Gasteiger partial charge in [-0.2, -0.15) is 9.61 Å². The fourth-order valence-corrected chi connectivity index (χ4v) is 5.02. The van der Waals surface area contributed by atoms with Crippen LogP contribution in [0.5, 0.6) is 5.75 Å². The van der Waals surface area contributed by atoms with Gasteiger partial charge in [-0.1, -0.05) is 18.2 Å². The summed E-state index contributed by atoms with van der Waals surface area (Å²) < 4.78 is 7.62. The summed E-state index contributed by atoms with van der Waals surface area (Å²) in [7, 11) is 1.69. The van der Waals surface area contributed by atoms with Crippen LogP contribution in [0.15, 0.2) is 54.9 Å². The quantitative estimate of drug-likeness (QED) is 0.276. The number of hydrogen-bond acceptors (Lipinski definition) is 8. The summed E-state index contributed by atoms with van der Waals surface area (Å²) >= 11 is 0. The minimum absolute atomic E-state index is 0.199. The van der Waals surface area contributed by atoms with Gasteiger partial charge < -0.3 is 25.8 Å². The van der Waals surface area contributed by atoms with E-state index in [9.17, 15) is 5.11 Å². The molecule has 2 atom stereocenters. The number of aliphatic hydroxyl groups is 1. The molecule has 1 saturated carbocycles. The van der Waals surface area contributed by atoms with Gasteiger partial charge in [-0.25, -0.2) is 4.98 Å². The zero-order chi connectivity index (χ0) is 25.2. The number of ether oxygens (including phenoxy) is 1. The van der Waals surface area contributed by atoms with Crippen LogP contribution in [-0.2, 0) is 6.54 Å². The van der Waals surface area contributed by atoms with Gasteiger partial charge in [0.25, 0.3) is 0 Å². The molecule has 2 aliphatic rings. The Kier molecular flexibility index (Phi) is 6.63. The monoisotopic (exact) mass is 499 g/mol. The minimum Gasteiger partial charge on any atom is -0.496 e. The van der Waals surface area contributed by atoms with Gasteiger partial charge in [0.2, 0.25) is 0 Å². The Morgan fingerprint density at radius 1 is 1.14 bits per heavy atom. The van der Waals surface area contributed by atoms with E-state index in [0.717, 1.165) is 52.8 Å². The smallest absolute Gasteiger partial charge is 0.163 e. The van der Waals surface area contributed by atoms with Crippen molar-refractivity contribution in [1.82, 2.24) is 24.9 Å². The molecular formula is C28H33N7O2. The second-order valence-electron chi connectivity index (χ2n) is 9.93. The Labute approximate surface area is 216 Å². The van der Waals surface area contributed by atoms with Crippen LogP contribution in [0.3, 0.4) is 0 Å². The van der Waals surface area contributed by atoms with Crippen LogP contribution in [0.25, 0.3) is 16.9 Å². The number of β-amino-alcohol motifs (C(OH)–C–C–N with tert-alkyl or cyclic N) is 1. The molecule has 3 aromatic heterocycles. The van der Waals surface area contributed by atoms with E-state index in [-0.39, 0.29) is 12.0 Å². The van der Waals surface area contributed by atoms with Crippen LogP contribution in [-0.4, -0.2) is 57.5 Å². The summed E-state index contributed by atoms with van der Waals surface area (Å²) in [6.45, 7) is 2.82. The number of anilines is 2. The predicted molar refractivity (Wildman–Crippen MR) is 144 cm³/mol. The molecule has 1 aliphatic carbocycles. The topological polar surface area (TPSA) is 109 Å². The zero-order valence-electron chi connectivity index (χ0n) is 21.0. The van der Waals surface area contributed by atoms with Crippen LogP contribution >= 0.6 is 0 Å². The number of aromatic nitrogens is 4. The zero-order valence-corrected chi connectivity index (χ0v) is 21.0. The van der Waals surface area contributed by atoms with E-state index in [2.05, 4.69) is 38.2 Å². The standard InChI is InChI=1S/C28H33N7O2/c1-37-25-12-19(23-4-2-3-10-30-23)7-8-21(25)15-32-27-13-26(31-14-20-9-11-29-17-24(20)36)34-28-22(18-5-6-18)16-33-35(27)28/h2-4,7-8,10,12-13,16,18,20,24,29,32,36H,5-6,9,11,14-15,17H2,1H3,(H,31,34)/t20-,24+/m1/s1. The molecule has 1 saturated heterocycles. The largest absolute Gasteiger partial charge is 0.496 e. The van der Waals surface area contributed by atoms with Crippen molar-refractivity contribution in [2.24, 2.45) is 5.92 Å². The van der Waals surface area contributed by atoms with Crippen molar-refractivity contribution in [3.8, 4) is 17.0 Å². The molecule has 4 aromatic rings. The van der Waals surface area contributed by atoms with Crippen LogP contribution in [0.1, 0.15) is 36.3 Å². The Bertz CT molecular complexity index is 1370. The molecule has 0 bridgehead atoms. The molecule has 1 aliphatic heterocycles. The molecule has 1 aromatic carbocycles. The van der Waals surface area contributed by atoms with Crippen molar-refractivity contribution in [3.05, 3.63) is 66.0 Å². The lowest BCUT2D eigenvalue weighted by Crippen LogP contribution is -2.43. The highest BCUT2D eigenvalue weighted by molar-refractivity contribution is 5.64. The Balaban J connectivity index is 1.25. The van der Waals surface area contributed by atoms with E-state index in [4.69, 9.17) is 9.72 Å². The molecule has 192 valence electrons. The van der Waals surface area contributed by atoms with Crippen LogP contribution in [0.4, 0.5) is 11.6 Å². The van der Waals surface area contributed by atoms with Crippen molar-refractivity contribution in [3.63, 3.8) is 0 Å². The predicted octanol–water partition coefficient (Wildman–Crippen LogP) is 3.67. The Hall–Kier alpha value is -3.69. The average molecular weight is 500 g/mol. The van der Waals surface area contributed by atoms with Gasteiger partial charge in [0.15, 0.2) is 5.65 Å². The number of fused-ring (bicyclic) bond motifs is 1. The van der Waals surface area contributed by atoms with Gasteiger partial charge in [0.05, 0.1) is 25.1 Å². The van der Waals surface area contributed by atoms with Crippen LogP contribution in [0, 0.1) is 5.92 Å². The number of pyridine rings is 1. The molecule has 9 nitrogen and oxygen atoms in total. The van der Waals surface area contributed by atoms with Crippen molar-refractivity contribution in [2.75, 3.05) is 37.4 Å². The SMILES string of the molecule is COc1cc(-c2ccccn2)ccc1CNc1cc(NC[C@H]2CCNC[C@@H]2O)nc2c(C3CC3)cnn12. The third-order valence-corrected chi connectivity index (χ3v) is 7.36. The maximum absolute atomic E-state index is 10.4. The molecule has 4 heterocycles. The molecule has 0 spiro atoms. The number of benzene rings is 1. The van der Waals surface area contributed by atoms with Crippen molar-refractivity contribution in [2.45, 2.75) is 37.8 Å². The van der Waals surface area contributed by atoms with E-state index in [1.165, 1.54) is 18.4 Å². The third-order valence-electron chi connectivity index (χ3n) is 7.36. The summed E-state index contributed by atoms with van der Waals surface area (Å²) in [5, 5.41) is 25.3. The first-order valence-electron chi connectivity index (χ1n) is 13.0. The average Bonchev–Trinajstić information content (AvgIpc) is 3.70. The van der Waals surface area contributed by atoms with E-state index < -0.39 is 0 Å². The molecule has 9 heteroatoms. The lowest BCUT2D eigenvalue weighted by molar-refractivity contribution is 0.0883. The molecule has 0 unspecified atom stereocenters. The van der Waals surface area contributed by atoms with Gasteiger partial charge in [-0.15, -0.1) is 0 Å². The number of methoxy groups -OCH3 is 1. The summed E-state index contributed by atoms with van der Waals surface area (Å²) in [6.07, 6.45) is 6.71. The highest BCUT2D eigenvalue weighted by Crippen LogP contribution is 2.42. The van der Waals surface area contributed by atoms with E-state index in [1.807, 2.05) is 41.0 Å². The van der Waals surface area contributed by atoms with Gasteiger partial charge >= 0.3 is 0 Å². The summed E-state index contributed by atoms with van der Waals surface area (Å²) in [4.78, 5) is 9.37. The van der Waals surface area contributed by atoms with Gasteiger partial charge in [0.1, 0.15) is 17.4 Å². The maximum Gasteiger partial charge on any atom is 0.163 e.